The van der Waals surface area contributed by atoms with Crippen molar-refractivity contribution in [3.8, 4) is 0 Å². The van der Waals surface area contributed by atoms with Gasteiger partial charge >= 0.3 is 0 Å². The van der Waals surface area contributed by atoms with Crippen molar-refractivity contribution in [1.82, 2.24) is 10.2 Å². The van der Waals surface area contributed by atoms with E-state index in [0.717, 1.165) is 12.6 Å². The average molecular weight is 184 g/mol. The highest BCUT2D eigenvalue weighted by molar-refractivity contribution is 4.83. The molecular formula is C11H24N2. The van der Waals surface area contributed by atoms with E-state index in [9.17, 15) is 0 Å². The highest BCUT2D eigenvalue weighted by Gasteiger charge is 2.24. The zero-order chi connectivity index (χ0) is 9.90. The van der Waals surface area contributed by atoms with E-state index in [1.807, 2.05) is 0 Å². The standard InChI is InChI=1S/C11H24N2/c1-5-13(11(2,3)4)9-10-7-6-8-12-10/h10,12H,5-9H2,1-4H3. The zero-order valence-electron chi connectivity index (χ0n) is 9.56. The third-order valence-electron chi connectivity index (χ3n) is 2.93. The smallest absolute Gasteiger partial charge is 0.0195 e. The average Bonchev–Trinajstić information content (AvgIpc) is 2.49. The number of hydrogen-bond donors (Lipinski definition) is 1. The fourth-order valence-electron chi connectivity index (χ4n) is 2.06. The fraction of sp³-hybridized carbons (Fsp3) is 1.00. The molecular weight excluding hydrogens is 160 g/mol. The van der Waals surface area contributed by atoms with E-state index >= 15 is 0 Å². The molecule has 2 nitrogen and oxygen atoms in total. The molecule has 0 aromatic rings. The summed E-state index contributed by atoms with van der Waals surface area (Å²) in [6.07, 6.45) is 2.71. The molecule has 78 valence electrons. The van der Waals surface area contributed by atoms with Crippen molar-refractivity contribution < 1.29 is 0 Å². The van der Waals surface area contributed by atoms with Crippen LogP contribution in [0, 0.1) is 0 Å². The predicted molar refractivity (Wildman–Crippen MR) is 58.0 cm³/mol. The van der Waals surface area contributed by atoms with E-state index in [0.29, 0.717) is 5.54 Å². The van der Waals surface area contributed by atoms with Gasteiger partial charge in [-0.05, 0) is 46.7 Å². The summed E-state index contributed by atoms with van der Waals surface area (Å²) in [6, 6.07) is 0.735. The van der Waals surface area contributed by atoms with Crippen molar-refractivity contribution in [2.45, 2.75) is 52.1 Å². The first-order valence-electron chi connectivity index (χ1n) is 5.52. The third-order valence-corrected chi connectivity index (χ3v) is 2.93. The molecule has 0 amide bonds. The second kappa shape index (κ2) is 4.43. The summed E-state index contributed by atoms with van der Waals surface area (Å²) in [6.45, 7) is 12.7. The van der Waals surface area contributed by atoms with Crippen molar-refractivity contribution in [3.05, 3.63) is 0 Å². The highest BCUT2D eigenvalue weighted by Crippen LogP contribution is 2.15. The molecule has 0 saturated carbocycles. The van der Waals surface area contributed by atoms with E-state index in [1.54, 1.807) is 0 Å². The first-order chi connectivity index (χ1) is 6.04. The van der Waals surface area contributed by atoms with Crippen molar-refractivity contribution >= 4 is 0 Å². The summed E-state index contributed by atoms with van der Waals surface area (Å²) in [7, 11) is 0. The van der Waals surface area contributed by atoms with E-state index in [2.05, 4.69) is 37.9 Å². The van der Waals surface area contributed by atoms with Gasteiger partial charge in [0.2, 0.25) is 0 Å². The van der Waals surface area contributed by atoms with Crippen molar-refractivity contribution in [2.75, 3.05) is 19.6 Å². The molecule has 0 radical (unpaired) electrons. The maximum absolute atomic E-state index is 3.55. The SMILES string of the molecule is CCN(CC1CCCN1)C(C)(C)C. The van der Waals surface area contributed by atoms with Crippen LogP contribution in [0.15, 0.2) is 0 Å². The molecule has 1 aliphatic heterocycles. The van der Waals surface area contributed by atoms with Crippen LogP contribution in [-0.2, 0) is 0 Å². The van der Waals surface area contributed by atoms with E-state index in [-0.39, 0.29) is 0 Å². The van der Waals surface area contributed by atoms with Crippen LogP contribution in [0.1, 0.15) is 40.5 Å². The Kier molecular flexibility index (Phi) is 3.74. The third kappa shape index (κ3) is 3.28. The Bertz CT molecular complexity index is 143. The second-order valence-corrected chi connectivity index (χ2v) is 5.00. The topological polar surface area (TPSA) is 15.3 Å². The normalized spacial score (nSPS) is 24.2. The Balaban J connectivity index is 2.39. The van der Waals surface area contributed by atoms with Crippen LogP contribution in [-0.4, -0.2) is 36.1 Å². The van der Waals surface area contributed by atoms with Gasteiger partial charge in [0, 0.05) is 18.1 Å². The molecule has 0 aromatic heterocycles. The summed E-state index contributed by atoms with van der Waals surface area (Å²) >= 11 is 0. The van der Waals surface area contributed by atoms with Gasteiger partial charge in [0.05, 0.1) is 0 Å². The van der Waals surface area contributed by atoms with E-state index < -0.39 is 0 Å². The summed E-state index contributed by atoms with van der Waals surface area (Å²) in [5.41, 5.74) is 0.318. The molecule has 2 heteroatoms. The zero-order valence-corrected chi connectivity index (χ0v) is 9.56. The van der Waals surface area contributed by atoms with Crippen molar-refractivity contribution in [2.24, 2.45) is 0 Å². The molecule has 1 unspecified atom stereocenters. The first-order valence-corrected chi connectivity index (χ1v) is 5.52. The van der Waals surface area contributed by atoms with Crippen molar-refractivity contribution in [3.63, 3.8) is 0 Å². The van der Waals surface area contributed by atoms with Crippen LogP contribution in [0.4, 0.5) is 0 Å². The van der Waals surface area contributed by atoms with E-state index in [1.165, 1.54) is 25.9 Å². The fourth-order valence-corrected chi connectivity index (χ4v) is 2.06. The minimum Gasteiger partial charge on any atom is -0.313 e. The maximum Gasteiger partial charge on any atom is 0.0195 e. The van der Waals surface area contributed by atoms with Gasteiger partial charge in [-0.3, -0.25) is 4.90 Å². The lowest BCUT2D eigenvalue weighted by atomic mass is 10.0. The monoisotopic (exact) mass is 184 g/mol. The lowest BCUT2D eigenvalue weighted by molar-refractivity contribution is 0.132. The van der Waals surface area contributed by atoms with Crippen LogP contribution in [0.2, 0.25) is 0 Å². The van der Waals surface area contributed by atoms with Gasteiger partial charge in [-0.25, -0.2) is 0 Å². The van der Waals surface area contributed by atoms with Crippen molar-refractivity contribution in [1.29, 1.82) is 0 Å². The Morgan fingerprint density at radius 2 is 2.08 bits per heavy atom. The molecule has 1 fully saturated rings. The number of hydrogen-bond acceptors (Lipinski definition) is 2. The Hall–Kier alpha value is -0.0800. The number of nitrogens with one attached hydrogen (secondary N) is 1. The molecule has 1 atom stereocenters. The minimum absolute atomic E-state index is 0.318. The molecule has 1 rings (SSSR count). The molecule has 1 N–H and O–H groups in total. The predicted octanol–water partition coefficient (Wildman–Crippen LogP) is 1.86. The van der Waals surface area contributed by atoms with Gasteiger partial charge in [-0.15, -0.1) is 0 Å². The minimum atomic E-state index is 0.318. The summed E-state index contributed by atoms with van der Waals surface area (Å²) < 4.78 is 0. The molecule has 0 bridgehead atoms. The number of rotatable bonds is 3. The van der Waals surface area contributed by atoms with Gasteiger partial charge in [0.15, 0.2) is 0 Å². The van der Waals surface area contributed by atoms with Crippen LogP contribution < -0.4 is 5.32 Å². The van der Waals surface area contributed by atoms with Gasteiger partial charge in [-0.2, -0.15) is 0 Å². The molecule has 0 aliphatic carbocycles. The Morgan fingerprint density at radius 1 is 1.38 bits per heavy atom. The summed E-state index contributed by atoms with van der Waals surface area (Å²) in [5, 5.41) is 3.55. The maximum atomic E-state index is 3.55. The van der Waals surface area contributed by atoms with Gasteiger partial charge in [0.25, 0.3) is 0 Å². The van der Waals surface area contributed by atoms with Crippen LogP contribution in [0.5, 0.6) is 0 Å². The van der Waals surface area contributed by atoms with Crippen LogP contribution >= 0.6 is 0 Å². The first kappa shape index (κ1) is 11.0. The summed E-state index contributed by atoms with van der Waals surface area (Å²) in [5.74, 6) is 0. The summed E-state index contributed by atoms with van der Waals surface area (Å²) in [4.78, 5) is 2.55. The van der Waals surface area contributed by atoms with Crippen LogP contribution in [0.25, 0.3) is 0 Å². The Labute approximate surface area is 82.7 Å². The van der Waals surface area contributed by atoms with Gasteiger partial charge in [0.1, 0.15) is 0 Å². The lowest BCUT2D eigenvalue weighted by Gasteiger charge is -2.36. The van der Waals surface area contributed by atoms with Crippen LogP contribution in [0.3, 0.4) is 0 Å². The van der Waals surface area contributed by atoms with Gasteiger partial charge < -0.3 is 5.32 Å². The van der Waals surface area contributed by atoms with E-state index in [4.69, 9.17) is 0 Å². The quantitative estimate of drug-likeness (QED) is 0.720. The molecule has 1 aliphatic rings. The molecule has 13 heavy (non-hydrogen) atoms. The Morgan fingerprint density at radius 3 is 2.46 bits per heavy atom. The molecule has 0 aromatic carbocycles. The molecule has 1 saturated heterocycles. The highest BCUT2D eigenvalue weighted by atomic mass is 15.2. The molecule has 0 spiro atoms. The number of likely N-dealkylation sites (N-methyl/N-ethyl adjacent to an activating group) is 1. The van der Waals surface area contributed by atoms with Gasteiger partial charge in [-0.1, -0.05) is 6.92 Å². The largest absolute Gasteiger partial charge is 0.313 e. The second-order valence-electron chi connectivity index (χ2n) is 5.00. The lowest BCUT2D eigenvalue weighted by Crippen LogP contribution is -2.47. The number of nitrogens with zero attached hydrogens (tertiary/aromatic N) is 1. The molecule has 1 heterocycles.